The molecular formula is C35H39Br2N5O7. The molecule has 0 aliphatic carbocycles. The summed E-state index contributed by atoms with van der Waals surface area (Å²) in [4.78, 5) is 59.9. The molecule has 3 heterocycles. The number of aliphatic carboxylic acids is 1. The molecular weight excluding hydrogens is 762 g/mol. The Kier molecular flexibility index (Phi) is 12.7. The van der Waals surface area contributed by atoms with Crippen molar-refractivity contribution in [2.24, 2.45) is 10.9 Å². The van der Waals surface area contributed by atoms with Crippen molar-refractivity contribution in [1.82, 2.24) is 14.7 Å². The van der Waals surface area contributed by atoms with Gasteiger partial charge in [-0.2, -0.15) is 4.99 Å². The number of ether oxygens (including phenoxy) is 1. The number of nitrogens with zero attached hydrogens (tertiary/aromatic N) is 4. The van der Waals surface area contributed by atoms with Crippen LogP contribution in [0.25, 0.3) is 0 Å². The number of allylic oxidation sites excluding steroid dienone is 1. The minimum absolute atomic E-state index is 0.00673. The van der Waals surface area contributed by atoms with Crippen LogP contribution in [0.4, 0.5) is 15.3 Å². The van der Waals surface area contributed by atoms with E-state index in [4.69, 9.17) is 9.84 Å². The highest BCUT2D eigenvalue weighted by Gasteiger charge is 2.33. The fourth-order valence-corrected chi connectivity index (χ4v) is 7.62. The van der Waals surface area contributed by atoms with Crippen molar-refractivity contribution in [2.75, 3.05) is 44.6 Å². The molecule has 3 aliphatic rings. The Balaban J connectivity index is 1.20. The lowest BCUT2D eigenvalue weighted by Crippen LogP contribution is -2.50. The van der Waals surface area contributed by atoms with Crippen LogP contribution >= 0.6 is 31.9 Å². The third kappa shape index (κ3) is 10.1. The topological polar surface area (TPSA) is 152 Å². The predicted octanol–water partition coefficient (Wildman–Crippen LogP) is 5.61. The van der Waals surface area contributed by atoms with E-state index in [0.717, 1.165) is 43.6 Å². The third-order valence-electron chi connectivity index (χ3n) is 9.15. The highest BCUT2D eigenvalue weighted by molar-refractivity contribution is 9.11. The number of carboxylic acid groups (broad SMARTS) is 1. The number of urea groups is 1. The summed E-state index contributed by atoms with van der Waals surface area (Å²) >= 11 is 6.62. The number of hydrogen-bond donors (Lipinski definition) is 3. The number of likely N-dealkylation sites (tertiary alicyclic amines) is 2. The minimum Gasteiger partial charge on any atom is -0.506 e. The van der Waals surface area contributed by atoms with Gasteiger partial charge < -0.3 is 35.0 Å². The van der Waals surface area contributed by atoms with Crippen LogP contribution in [0.5, 0.6) is 5.75 Å². The van der Waals surface area contributed by atoms with Gasteiger partial charge in [0.2, 0.25) is 0 Å². The Labute approximate surface area is 301 Å². The molecule has 3 aliphatic heterocycles. The molecule has 2 saturated heterocycles. The molecule has 0 saturated carbocycles. The number of halogens is 2. The Morgan fingerprint density at radius 3 is 2.43 bits per heavy atom. The van der Waals surface area contributed by atoms with Crippen molar-refractivity contribution in [3.05, 3.63) is 68.3 Å². The number of nitrogens with one attached hydrogen (secondary N) is 1. The van der Waals surface area contributed by atoms with Crippen molar-refractivity contribution >= 4 is 67.4 Å². The summed E-state index contributed by atoms with van der Waals surface area (Å²) in [5, 5.41) is 22.1. The van der Waals surface area contributed by atoms with Gasteiger partial charge in [-0.3, -0.25) is 9.59 Å². The van der Waals surface area contributed by atoms with Crippen LogP contribution in [-0.4, -0.2) is 106 Å². The van der Waals surface area contributed by atoms with Crippen molar-refractivity contribution in [2.45, 2.75) is 57.1 Å². The molecule has 3 N–H and O–H groups in total. The third-order valence-corrected chi connectivity index (χ3v) is 10.4. The Hall–Kier alpha value is -3.93. The quantitative estimate of drug-likeness (QED) is 0.219. The van der Waals surface area contributed by atoms with Gasteiger partial charge in [0.1, 0.15) is 5.75 Å². The molecule has 0 bridgehead atoms. The number of phenols is 1. The monoisotopic (exact) mass is 799 g/mol. The van der Waals surface area contributed by atoms with Gasteiger partial charge in [-0.15, -0.1) is 0 Å². The average Bonchev–Trinajstić information content (AvgIpc) is 3.26. The molecule has 4 amide bonds. The van der Waals surface area contributed by atoms with Gasteiger partial charge in [-0.1, -0.05) is 23.9 Å². The van der Waals surface area contributed by atoms with Gasteiger partial charge in [0, 0.05) is 50.2 Å². The highest BCUT2D eigenvalue weighted by Crippen LogP contribution is 2.34. The van der Waals surface area contributed by atoms with Crippen LogP contribution in [0.2, 0.25) is 0 Å². The van der Waals surface area contributed by atoms with E-state index < -0.39 is 24.1 Å². The smallest absolute Gasteiger partial charge is 0.410 e. The second-order valence-electron chi connectivity index (χ2n) is 12.4. The fourth-order valence-electron chi connectivity index (χ4n) is 6.34. The van der Waals surface area contributed by atoms with E-state index in [2.05, 4.69) is 58.7 Å². The number of benzene rings is 2. The zero-order chi connectivity index (χ0) is 34.9. The maximum atomic E-state index is 13.4. The second-order valence-corrected chi connectivity index (χ2v) is 14.1. The van der Waals surface area contributed by atoms with Crippen LogP contribution in [0.15, 0.2) is 62.1 Å². The Morgan fingerprint density at radius 2 is 1.73 bits per heavy atom. The molecule has 5 rings (SSSR count). The summed E-state index contributed by atoms with van der Waals surface area (Å²) in [6, 6.07) is 10.9. The maximum absolute atomic E-state index is 13.4. The minimum atomic E-state index is -1.25. The lowest BCUT2D eigenvalue weighted by Gasteiger charge is -2.37. The van der Waals surface area contributed by atoms with Gasteiger partial charge in [-0.25, -0.2) is 9.59 Å². The Bertz CT molecular complexity index is 1630. The molecule has 0 unspecified atom stereocenters. The van der Waals surface area contributed by atoms with E-state index in [1.165, 1.54) is 0 Å². The zero-order valence-electron chi connectivity index (χ0n) is 26.9. The van der Waals surface area contributed by atoms with Crippen LogP contribution in [0, 0.1) is 5.92 Å². The van der Waals surface area contributed by atoms with E-state index in [9.17, 15) is 24.3 Å². The normalized spacial score (nSPS) is 17.9. The number of rotatable bonds is 9. The van der Waals surface area contributed by atoms with Crippen LogP contribution in [-0.2, 0) is 27.2 Å². The lowest BCUT2D eigenvalue weighted by atomic mass is 9.97. The number of carbonyl (C=O) groups excluding carboxylic acids is 3. The number of piperidine rings is 2. The number of hydrogen-bond acceptors (Lipinski definition) is 7. The van der Waals surface area contributed by atoms with Crippen LogP contribution in [0.3, 0.4) is 0 Å². The van der Waals surface area contributed by atoms with Gasteiger partial charge in [0.25, 0.3) is 5.91 Å². The zero-order valence-corrected chi connectivity index (χ0v) is 30.1. The number of phenolic OH excluding ortho intramolecular Hbond substituents is 1. The van der Waals surface area contributed by atoms with E-state index in [1.807, 2.05) is 35.2 Å². The number of carbonyl (C=O) groups is 4. The summed E-state index contributed by atoms with van der Waals surface area (Å²) < 4.78 is 6.59. The van der Waals surface area contributed by atoms with Gasteiger partial charge in [0.05, 0.1) is 15.4 Å². The summed E-state index contributed by atoms with van der Waals surface area (Å²) in [5.41, 5.74) is 5.39. The largest absolute Gasteiger partial charge is 0.506 e. The summed E-state index contributed by atoms with van der Waals surface area (Å²) in [6.45, 7) is 3.38. The number of fused-ring (bicyclic) bond motifs is 1. The van der Waals surface area contributed by atoms with E-state index in [0.29, 0.717) is 53.5 Å². The first kappa shape index (κ1) is 36.4. The molecule has 260 valence electrons. The average molecular weight is 802 g/mol. The fraction of sp³-hybridized carbons (Fsp3) is 0.457. The van der Waals surface area contributed by atoms with E-state index in [1.54, 1.807) is 17.0 Å². The number of aromatic hydroxyl groups is 1. The van der Waals surface area contributed by atoms with E-state index >= 15 is 0 Å². The summed E-state index contributed by atoms with van der Waals surface area (Å²) in [7, 11) is 0. The number of aliphatic imine (C=N–C) groups is 1. The molecule has 0 radical (unpaired) electrons. The molecule has 49 heavy (non-hydrogen) atoms. The van der Waals surface area contributed by atoms with Gasteiger partial charge >= 0.3 is 18.1 Å². The molecule has 1 atom stereocenters. The van der Waals surface area contributed by atoms with Gasteiger partial charge in [-0.05, 0) is 118 Å². The molecule has 2 fully saturated rings. The molecule has 2 aromatic rings. The number of amides is 4. The highest BCUT2D eigenvalue weighted by atomic mass is 79.9. The molecule has 0 aromatic heterocycles. The molecule has 2 aromatic carbocycles. The van der Waals surface area contributed by atoms with Crippen molar-refractivity contribution < 1.29 is 34.1 Å². The van der Waals surface area contributed by atoms with Crippen LogP contribution in [0.1, 0.15) is 43.2 Å². The molecule has 0 spiro atoms. The van der Waals surface area contributed by atoms with Crippen molar-refractivity contribution in [3.8, 4) is 5.75 Å². The van der Waals surface area contributed by atoms with E-state index in [-0.39, 0.29) is 36.6 Å². The second kappa shape index (κ2) is 17.1. The first-order valence-corrected chi connectivity index (χ1v) is 18.0. The lowest BCUT2D eigenvalue weighted by molar-refractivity contribution is -0.137. The van der Waals surface area contributed by atoms with Crippen molar-refractivity contribution in [1.29, 1.82) is 0 Å². The Morgan fingerprint density at radius 1 is 1.04 bits per heavy atom. The first-order chi connectivity index (χ1) is 23.6. The molecule has 14 heteroatoms. The molecule has 12 nitrogen and oxygen atoms in total. The summed E-state index contributed by atoms with van der Waals surface area (Å²) in [6.07, 6.45) is 3.58. The van der Waals surface area contributed by atoms with Crippen molar-refractivity contribution in [3.63, 3.8) is 0 Å². The number of anilines is 1. The first-order valence-electron chi connectivity index (χ1n) is 16.4. The maximum Gasteiger partial charge on any atom is 0.410 e. The SMILES string of the molecule is O=C(O)CCN1CCC(C=C=C=NC(=O)[C@@H](Cc2cc(Br)c(O)c(Br)c2)OC(=O)N2CCC(N3CCc4ccccc4NC3=O)CC2)CC1. The number of para-hydroxylation sites is 1. The van der Waals surface area contributed by atoms with Crippen LogP contribution < -0.4 is 5.32 Å². The standard InChI is InChI=1S/C35H39Br2N5O7/c36-27-20-24(21-28(37)32(27)45)22-30(33(46)38-13-3-4-23-7-14-40(15-8-23)16-12-31(43)44)49-35(48)41-17-10-26(11-18-41)42-19-9-25-5-1-2-6-29(25)39-34(42)47/h1-2,4-6,20-21,23,26,30,45H,7-12,14-19,22H2,(H,39,47)(H,43,44)/t30-/m1/s1. The number of carboxylic acids is 1. The summed E-state index contributed by atoms with van der Waals surface area (Å²) in [5.74, 6) is 1.27. The van der Waals surface area contributed by atoms with Gasteiger partial charge in [0.15, 0.2) is 6.10 Å². The predicted molar refractivity (Wildman–Crippen MR) is 190 cm³/mol.